The van der Waals surface area contributed by atoms with Crippen LogP contribution >= 0.6 is 0 Å². The summed E-state index contributed by atoms with van der Waals surface area (Å²) >= 11 is 0. The van der Waals surface area contributed by atoms with E-state index in [2.05, 4.69) is 26.2 Å². The quantitative estimate of drug-likeness (QED) is 0.186. The van der Waals surface area contributed by atoms with Gasteiger partial charge in [0, 0.05) is 57.6 Å². The lowest BCUT2D eigenvalue weighted by molar-refractivity contribution is -0.130. The smallest absolute Gasteiger partial charge is 0.223 e. The molecule has 0 bridgehead atoms. The lowest BCUT2D eigenvalue weighted by Gasteiger charge is -2.44. The number of hydrogen-bond acceptors (Lipinski definition) is 9. The molecule has 3 aliphatic heterocycles. The Labute approximate surface area is 246 Å². The molecule has 2 amide bonds. The van der Waals surface area contributed by atoms with Crippen LogP contribution < -0.4 is 21.3 Å². The standard InChI is InChI=1S/C30H56N6O5/c1-20(31-3)28(39)19-41-27-5-4-24-17-35(11-7-22(24)14-27)18-26(38)16-33-30(40)23-6-10-32-29(15-23)34-25-8-12-36(13-9-25)21(2)37/h20,22-29,31-32,34,38-39H,4-19H2,1-3H3,(H,33,40)/t20?,22?,23?,24?,26-,27?,28?,29?/m0/s1. The zero-order chi connectivity index (χ0) is 29.4. The van der Waals surface area contributed by atoms with Crippen LogP contribution in [-0.4, -0.2) is 128 Å². The fourth-order valence-corrected chi connectivity index (χ4v) is 7.19. The van der Waals surface area contributed by atoms with Crippen molar-refractivity contribution in [2.24, 2.45) is 17.8 Å². The number of likely N-dealkylation sites (tertiary alicyclic amines) is 2. The number of ether oxygens (including phenoxy) is 1. The number of β-amino-alcohol motifs (C(OH)–C–C–N with tert-alkyl or cyclic N) is 1. The topological polar surface area (TPSA) is 138 Å². The molecular weight excluding hydrogens is 524 g/mol. The molecule has 11 heteroatoms. The van der Waals surface area contributed by atoms with Gasteiger partial charge in [-0.25, -0.2) is 0 Å². The van der Waals surface area contributed by atoms with Gasteiger partial charge in [0.25, 0.3) is 0 Å². The van der Waals surface area contributed by atoms with Crippen molar-refractivity contribution in [1.82, 2.24) is 31.1 Å². The molecule has 6 N–H and O–H groups in total. The van der Waals surface area contributed by atoms with Gasteiger partial charge in [0.05, 0.1) is 31.1 Å². The van der Waals surface area contributed by atoms with Gasteiger partial charge in [-0.05, 0) is 90.3 Å². The SMILES string of the molecule is CNC(C)C(O)COC1CCC2CN(C[C@@H](O)CNC(=O)C3CCNC(NC4CCN(C(C)=O)CC4)C3)CCC2C1. The molecule has 3 heterocycles. The summed E-state index contributed by atoms with van der Waals surface area (Å²) in [5, 5.41) is 34.2. The molecule has 0 spiro atoms. The van der Waals surface area contributed by atoms with Gasteiger partial charge in [0.15, 0.2) is 0 Å². The first-order valence-electron chi connectivity index (χ1n) is 16.1. The van der Waals surface area contributed by atoms with Crippen LogP contribution in [0.2, 0.25) is 0 Å². The van der Waals surface area contributed by atoms with Gasteiger partial charge in [-0.3, -0.25) is 14.9 Å². The number of carbonyl (C=O) groups is 2. The van der Waals surface area contributed by atoms with E-state index < -0.39 is 12.2 Å². The van der Waals surface area contributed by atoms with Crippen molar-refractivity contribution in [2.45, 2.75) is 102 Å². The zero-order valence-electron chi connectivity index (χ0n) is 25.5. The van der Waals surface area contributed by atoms with Crippen molar-refractivity contribution in [2.75, 3.05) is 59.5 Å². The Bertz CT molecular complexity index is 827. The van der Waals surface area contributed by atoms with E-state index in [9.17, 15) is 19.8 Å². The summed E-state index contributed by atoms with van der Waals surface area (Å²) in [6.07, 6.45) is 6.99. The van der Waals surface area contributed by atoms with Crippen LogP contribution in [0, 0.1) is 17.8 Å². The van der Waals surface area contributed by atoms with Crippen LogP contribution in [0.1, 0.15) is 65.2 Å². The zero-order valence-corrected chi connectivity index (χ0v) is 25.5. The van der Waals surface area contributed by atoms with E-state index in [1.54, 1.807) is 6.92 Å². The first-order chi connectivity index (χ1) is 19.7. The molecule has 3 saturated heterocycles. The number of rotatable bonds is 12. The van der Waals surface area contributed by atoms with E-state index in [1.807, 2.05) is 18.9 Å². The van der Waals surface area contributed by atoms with E-state index in [0.29, 0.717) is 31.0 Å². The summed E-state index contributed by atoms with van der Waals surface area (Å²) in [6.45, 7) is 9.18. The van der Waals surface area contributed by atoms with Gasteiger partial charge >= 0.3 is 0 Å². The molecule has 0 aromatic heterocycles. The number of amides is 2. The molecule has 41 heavy (non-hydrogen) atoms. The van der Waals surface area contributed by atoms with Gasteiger partial charge in [-0.1, -0.05) is 0 Å². The first-order valence-corrected chi connectivity index (χ1v) is 16.1. The van der Waals surface area contributed by atoms with Crippen molar-refractivity contribution in [3.05, 3.63) is 0 Å². The van der Waals surface area contributed by atoms with E-state index in [1.165, 1.54) is 0 Å². The second kappa shape index (κ2) is 15.9. The summed E-state index contributed by atoms with van der Waals surface area (Å²) in [5.74, 6) is 1.39. The van der Waals surface area contributed by atoms with Crippen molar-refractivity contribution in [3.8, 4) is 0 Å². The van der Waals surface area contributed by atoms with E-state index in [-0.39, 0.29) is 42.6 Å². The minimum atomic E-state index is -0.576. The molecule has 7 unspecified atom stereocenters. The van der Waals surface area contributed by atoms with E-state index in [4.69, 9.17) is 4.74 Å². The molecule has 4 aliphatic rings. The highest BCUT2D eigenvalue weighted by Crippen LogP contribution is 2.37. The first kappa shape index (κ1) is 32.6. The molecule has 4 fully saturated rings. The Morgan fingerprint density at radius 1 is 1.02 bits per heavy atom. The number of likely N-dealkylation sites (N-methyl/N-ethyl adjacent to an activating group) is 1. The van der Waals surface area contributed by atoms with Crippen molar-refractivity contribution >= 4 is 11.8 Å². The maximum atomic E-state index is 13.0. The lowest BCUT2D eigenvalue weighted by atomic mass is 9.74. The van der Waals surface area contributed by atoms with Crippen LogP contribution in [0.3, 0.4) is 0 Å². The minimum Gasteiger partial charge on any atom is -0.390 e. The van der Waals surface area contributed by atoms with Crippen molar-refractivity contribution < 1.29 is 24.5 Å². The van der Waals surface area contributed by atoms with Gasteiger partial charge < -0.3 is 40.7 Å². The number of aliphatic hydroxyl groups excluding tert-OH is 2. The molecule has 1 saturated carbocycles. The number of fused-ring (bicyclic) bond motifs is 1. The highest BCUT2D eigenvalue weighted by Gasteiger charge is 2.36. The fourth-order valence-electron chi connectivity index (χ4n) is 7.19. The largest absolute Gasteiger partial charge is 0.390 e. The summed E-state index contributed by atoms with van der Waals surface area (Å²) < 4.78 is 6.06. The third kappa shape index (κ3) is 9.84. The minimum absolute atomic E-state index is 0.0213. The molecule has 0 radical (unpaired) electrons. The number of carbonyl (C=O) groups excluding carboxylic acids is 2. The van der Waals surface area contributed by atoms with Crippen molar-refractivity contribution in [3.63, 3.8) is 0 Å². The Morgan fingerprint density at radius 3 is 2.54 bits per heavy atom. The highest BCUT2D eigenvalue weighted by atomic mass is 16.5. The average molecular weight is 581 g/mol. The lowest BCUT2D eigenvalue weighted by Crippen LogP contribution is -2.56. The maximum Gasteiger partial charge on any atom is 0.223 e. The average Bonchev–Trinajstić information content (AvgIpc) is 2.98. The molecular formula is C30H56N6O5. The third-order valence-electron chi connectivity index (χ3n) is 10.1. The number of nitrogens with one attached hydrogen (secondary N) is 4. The van der Waals surface area contributed by atoms with Crippen LogP contribution in [0.15, 0.2) is 0 Å². The van der Waals surface area contributed by atoms with Crippen LogP contribution in [0.5, 0.6) is 0 Å². The Morgan fingerprint density at radius 2 is 1.80 bits per heavy atom. The number of piperidine rings is 3. The summed E-state index contributed by atoms with van der Waals surface area (Å²) in [6, 6.07) is 0.381. The van der Waals surface area contributed by atoms with Gasteiger partial charge in [0.1, 0.15) is 0 Å². The number of hydrogen-bond donors (Lipinski definition) is 6. The van der Waals surface area contributed by atoms with Crippen LogP contribution in [-0.2, 0) is 14.3 Å². The third-order valence-corrected chi connectivity index (χ3v) is 10.1. The summed E-state index contributed by atoms with van der Waals surface area (Å²) in [7, 11) is 1.85. The molecule has 1 aliphatic carbocycles. The predicted molar refractivity (Wildman–Crippen MR) is 158 cm³/mol. The highest BCUT2D eigenvalue weighted by molar-refractivity contribution is 5.78. The second-order valence-corrected chi connectivity index (χ2v) is 13.1. The molecule has 4 rings (SSSR count). The molecule has 236 valence electrons. The molecule has 0 aromatic carbocycles. The number of nitrogens with zero attached hydrogens (tertiary/aromatic N) is 2. The van der Waals surface area contributed by atoms with Gasteiger partial charge in [-0.2, -0.15) is 0 Å². The van der Waals surface area contributed by atoms with Gasteiger partial charge in [0.2, 0.25) is 11.8 Å². The second-order valence-electron chi connectivity index (χ2n) is 13.1. The molecule has 8 atom stereocenters. The Balaban J connectivity index is 1.10. The predicted octanol–water partition coefficient (Wildman–Crippen LogP) is -0.134. The monoisotopic (exact) mass is 580 g/mol. The Kier molecular flexibility index (Phi) is 12.7. The number of aliphatic hydroxyl groups is 2. The van der Waals surface area contributed by atoms with E-state index >= 15 is 0 Å². The van der Waals surface area contributed by atoms with E-state index in [0.717, 1.165) is 84.1 Å². The molecule has 0 aromatic rings. The van der Waals surface area contributed by atoms with Crippen molar-refractivity contribution in [1.29, 1.82) is 0 Å². The van der Waals surface area contributed by atoms with Crippen LogP contribution in [0.25, 0.3) is 0 Å². The van der Waals surface area contributed by atoms with Gasteiger partial charge in [-0.15, -0.1) is 0 Å². The van der Waals surface area contributed by atoms with Crippen LogP contribution in [0.4, 0.5) is 0 Å². The summed E-state index contributed by atoms with van der Waals surface area (Å²) in [4.78, 5) is 28.8. The maximum absolute atomic E-state index is 13.0. The Hall–Kier alpha value is -1.34. The summed E-state index contributed by atoms with van der Waals surface area (Å²) in [5.41, 5.74) is 0. The normalized spacial score (nSPS) is 32.1. The molecule has 11 nitrogen and oxygen atoms in total. The fraction of sp³-hybridized carbons (Fsp3) is 0.933.